The van der Waals surface area contributed by atoms with Crippen molar-refractivity contribution in [1.82, 2.24) is 15.2 Å². The SMILES string of the molecule is CN(C)C(=O)CCNC(=O)c1ccncc1C#CCCO. The van der Waals surface area contributed by atoms with Crippen LogP contribution in [0.5, 0.6) is 0 Å². The molecule has 2 amide bonds. The largest absolute Gasteiger partial charge is 0.395 e. The van der Waals surface area contributed by atoms with Crippen molar-refractivity contribution in [2.24, 2.45) is 0 Å². The van der Waals surface area contributed by atoms with Crippen LogP contribution in [0.2, 0.25) is 0 Å². The molecule has 0 spiro atoms. The van der Waals surface area contributed by atoms with Crippen molar-refractivity contribution in [3.8, 4) is 11.8 Å². The highest BCUT2D eigenvalue weighted by Crippen LogP contribution is 2.05. The Hall–Kier alpha value is -2.39. The molecule has 6 nitrogen and oxygen atoms in total. The lowest BCUT2D eigenvalue weighted by atomic mass is 10.1. The molecule has 2 N–H and O–H groups in total. The quantitative estimate of drug-likeness (QED) is 0.749. The third-order valence-corrected chi connectivity index (χ3v) is 2.65. The molecule has 0 aliphatic rings. The maximum absolute atomic E-state index is 12.1. The number of carbonyl (C=O) groups is 2. The van der Waals surface area contributed by atoms with E-state index in [1.807, 2.05) is 0 Å². The van der Waals surface area contributed by atoms with Crippen LogP contribution in [0.15, 0.2) is 18.5 Å². The number of hydrogen-bond donors (Lipinski definition) is 2. The van der Waals surface area contributed by atoms with Crippen LogP contribution < -0.4 is 5.32 Å². The van der Waals surface area contributed by atoms with Crippen molar-refractivity contribution in [1.29, 1.82) is 0 Å². The van der Waals surface area contributed by atoms with Gasteiger partial charge in [-0.3, -0.25) is 14.6 Å². The fraction of sp³-hybridized carbons (Fsp3) is 0.400. The Bertz CT molecular complexity index is 559. The van der Waals surface area contributed by atoms with Gasteiger partial charge < -0.3 is 15.3 Å². The molecule has 6 heteroatoms. The summed E-state index contributed by atoms with van der Waals surface area (Å²) in [5.74, 6) is 5.22. The third-order valence-electron chi connectivity index (χ3n) is 2.65. The van der Waals surface area contributed by atoms with E-state index < -0.39 is 0 Å². The van der Waals surface area contributed by atoms with Gasteiger partial charge in [0.15, 0.2) is 0 Å². The number of amides is 2. The number of aliphatic hydroxyl groups is 1. The van der Waals surface area contributed by atoms with E-state index in [0.29, 0.717) is 17.5 Å². The van der Waals surface area contributed by atoms with Gasteiger partial charge in [0.1, 0.15) is 0 Å². The van der Waals surface area contributed by atoms with Gasteiger partial charge >= 0.3 is 0 Å². The summed E-state index contributed by atoms with van der Waals surface area (Å²) in [5, 5.41) is 11.4. The highest BCUT2D eigenvalue weighted by atomic mass is 16.2. The molecule has 0 aliphatic heterocycles. The van der Waals surface area contributed by atoms with Crippen LogP contribution in [0, 0.1) is 11.8 Å². The minimum Gasteiger partial charge on any atom is -0.395 e. The van der Waals surface area contributed by atoms with Gasteiger partial charge in [-0.05, 0) is 6.07 Å². The maximum Gasteiger partial charge on any atom is 0.252 e. The lowest BCUT2D eigenvalue weighted by Gasteiger charge is -2.10. The van der Waals surface area contributed by atoms with Crippen molar-refractivity contribution >= 4 is 11.8 Å². The number of rotatable bonds is 5. The predicted octanol–water partition coefficient (Wildman–Crippen LogP) is 0.0236. The smallest absolute Gasteiger partial charge is 0.252 e. The number of hydrogen-bond acceptors (Lipinski definition) is 4. The minimum atomic E-state index is -0.294. The van der Waals surface area contributed by atoms with Crippen molar-refractivity contribution < 1.29 is 14.7 Å². The summed E-state index contributed by atoms with van der Waals surface area (Å²) >= 11 is 0. The van der Waals surface area contributed by atoms with Crippen molar-refractivity contribution in [3.05, 3.63) is 29.6 Å². The zero-order valence-electron chi connectivity index (χ0n) is 12.2. The summed E-state index contributed by atoms with van der Waals surface area (Å²) in [6.07, 6.45) is 3.60. The molecule has 0 unspecified atom stereocenters. The van der Waals surface area contributed by atoms with E-state index in [9.17, 15) is 9.59 Å². The number of pyridine rings is 1. The first-order chi connectivity index (χ1) is 10.1. The van der Waals surface area contributed by atoms with Crippen LogP contribution in [0.25, 0.3) is 0 Å². The lowest BCUT2D eigenvalue weighted by Crippen LogP contribution is -2.30. The summed E-state index contributed by atoms with van der Waals surface area (Å²) in [6, 6.07) is 1.58. The van der Waals surface area contributed by atoms with Gasteiger partial charge in [-0.25, -0.2) is 0 Å². The maximum atomic E-state index is 12.1. The molecule has 112 valence electrons. The number of carbonyl (C=O) groups excluding carboxylic acids is 2. The average molecular weight is 289 g/mol. The Morgan fingerprint density at radius 3 is 2.86 bits per heavy atom. The first kappa shape index (κ1) is 16.7. The lowest BCUT2D eigenvalue weighted by molar-refractivity contribution is -0.128. The zero-order chi connectivity index (χ0) is 15.7. The fourth-order valence-electron chi connectivity index (χ4n) is 1.51. The highest BCUT2D eigenvalue weighted by Gasteiger charge is 2.10. The van der Waals surface area contributed by atoms with E-state index >= 15 is 0 Å². The molecule has 0 bridgehead atoms. The van der Waals surface area contributed by atoms with Crippen LogP contribution in [0.3, 0.4) is 0 Å². The van der Waals surface area contributed by atoms with Gasteiger partial charge in [0.05, 0.1) is 17.7 Å². The molecule has 0 radical (unpaired) electrons. The van der Waals surface area contributed by atoms with E-state index in [2.05, 4.69) is 22.1 Å². The molecule has 1 heterocycles. The van der Waals surface area contributed by atoms with Gasteiger partial charge in [0.25, 0.3) is 5.91 Å². The third kappa shape index (κ3) is 5.63. The Morgan fingerprint density at radius 2 is 2.19 bits per heavy atom. The molecular formula is C15H19N3O3. The first-order valence-electron chi connectivity index (χ1n) is 6.58. The van der Waals surface area contributed by atoms with Crippen molar-refractivity contribution in [3.63, 3.8) is 0 Å². The van der Waals surface area contributed by atoms with Crippen molar-refractivity contribution in [2.75, 3.05) is 27.2 Å². The predicted molar refractivity (Wildman–Crippen MR) is 78.5 cm³/mol. The van der Waals surface area contributed by atoms with Gasteiger partial charge in [0, 0.05) is 45.9 Å². The van der Waals surface area contributed by atoms with E-state index in [4.69, 9.17) is 5.11 Å². The Kier molecular flexibility index (Phi) is 6.92. The van der Waals surface area contributed by atoms with Gasteiger partial charge in [-0.1, -0.05) is 11.8 Å². The molecule has 1 aromatic rings. The summed E-state index contributed by atoms with van der Waals surface area (Å²) in [6.45, 7) is 0.239. The summed E-state index contributed by atoms with van der Waals surface area (Å²) < 4.78 is 0. The van der Waals surface area contributed by atoms with Crippen LogP contribution >= 0.6 is 0 Å². The number of nitrogens with one attached hydrogen (secondary N) is 1. The summed E-state index contributed by atoms with van der Waals surface area (Å²) in [7, 11) is 3.34. The van der Waals surface area contributed by atoms with Crippen LogP contribution in [0.1, 0.15) is 28.8 Å². The Balaban J connectivity index is 2.66. The first-order valence-corrected chi connectivity index (χ1v) is 6.58. The summed E-state index contributed by atoms with van der Waals surface area (Å²) in [5.41, 5.74) is 0.912. The second-order valence-electron chi connectivity index (χ2n) is 4.49. The highest BCUT2D eigenvalue weighted by molar-refractivity contribution is 5.96. The molecule has 0 saturated carbocycles. The monoisotopic (exact) mass is 289 g/mol. The number of nitrogens with zero attached hydrogens (tertiary/aromatic N) is 2. The molecule has 0 aliphatic carbocycles. The van der Waals surface area contributed by atoms with E-state index in [-0.39, 0.29) is 31.4 Å². The van der Waals surface area contributed by atoms with Gasteiger partial charge in [0.2, 0.25) is 5.91 Å². The van der Waals surface area contributed by atoms with Crippen LogP contribution in [0.4, 0.5) is 0 Å². The second-order valence-corrected chi connectivity index (χ2v) is 4.49. The molecule has 0 fully saturated rings. The second kappa shape index (κ2) is 8.72. The normalized spacial score (nSPS) is 9.48. The number of aromatic nitrogens is 1. The molecule has 21 heavy (non-hydrogen) atoms. The molecule has 0 saturated heterocycles. The standard InChI is InChI=1S/C15H19N3O3/c1-18(2)14(20)7-9-17-15(21)13-6-8-16-11-12(13)5-3-4-10-19/h6,8,11,19H,4,7,9-10H2,1-2H3,(H,17,21). The van der Waals surface area contributed by atoms with E-state index in [1.165, 1.54) is 17.3 Å². The fourth-order valence-corrected chi connectivity index (χ4v) is 1.51. The van der Waals surface area contributed by atoms with E-state index in [0.717, 1.165) is 0 Å². The average Bonchev–Trinajstić information content (AvgIpc) is 2.47. The van der Waals surface area contributed by atoms with E-state index in [1.54, 1.807) is 20.2 Å². The van der Waals surface area contributed by atoms with Crippen LogP contribution in [-0.2, 0) is 4.79 Å². The summed E-state index contributed by atoms with van der Waals surface area (Å²) in [4.78, 5) is 28.9. The Morgan fingerprint density at radius 1 is 1.43 bits per heavy atom. The molecular weight excluding hydrogens is 270 g/mol. The van der Waals surface area contributed by atoms with Crippen LogP contribution in [-0.4, -0.2) is 54.1 Å². The van der Waals surface area contributed by atoms with Gasteiger partial charge in [-0.2, -0.15) is 0 Å². The molecule has 0 atom stereocenters. The molecule has 1 aromatic heterocycles. The Labute approximate surface area is 124 Å². The topological polar surface area (TPSA) is 82.5 Å². The number of aliphatic hydroxyl groups excluding tert-OH is 1. The van der Waals surface area contributed by atoms with Crippen molar-refractivity contribution in [2.45, 2.75) is 12.8 Å². The molecule has 1 rings (SSSR count). The molecule has 0 aromatic carbocycles. The zero-order valence-corrected chi connectivity index (χ0v) is 12.2. The van der Waals surface area contributed by atoms with Gasteiger partial charge in [-0.15, -0.1) is 0 Å². The minimum absolute atomic E-state index is 0.0264.